The molecule has 0 spiro atoms. The van der Waals surface area contributed by atoms with Crippen LogP contribution in [0.3, 0.4) is 0 Å². The van der Waals surface area contributed by atoms with Crippen molar-refractivity contribution in [2.24, 2.45) is 0 Å². The SMILES string of the molecule is C#Cc1cccc(NC(=O)C(=O)NC2CCN(c3ccc(C)cc3)C2)c1. The molecule has 5 heteroatoms. The standard InChI is InChI=1S/C21H21N3O2/c1-3-16-5-4-6-17(13-16)22-20(25)21(26)23-18-11-12-24(14-18)19-9-7-15(2)8-10-19/h1,4-10,13,18H,11-12,14H2,2H3,(H,22,25)(H,23,26). The minimum Gasteiger partial charge on any atom is -0.369 e. The average molecular weight is 347 g/mol. The zero-order valence-electron chi connectivity index (χ0n) is 14.7. The van der Waals surface area contributed by atoms with Gasteiger partial charge in [0.2, 0.25) is 0 Å². The summed E-state index contributed by atoms with van der Waals surface area (Å²) in [5.41, 5.74) is 3.49. The molecule has 2 amide bonds. The lowest BCUT2D eigenvalue weighted by atomic mass is 10.2. The van der Waals surface area contributed by atoms with Crippen molar-refractivity contribution in [3.8, 4) is 12.3 Å². The molecule has 5 nitrogen and oxygen atoms in total. The molecule has 2 N–H and O–H groups in total. The maximum absolute atomic E-state index is 12.2. The van der Waals surface area contributed by atoms with Gasteiger partial charge in [0.05, 0.1) is 0 Å². The van der Waals surface area contributed by atoms with Crippen LogP contribution in [0.4, 0.5) is 11.4 Å². The fourth-order valence-electron chi connectivity index (χ4n) is 2.99. The van der Waals surface area contributed by atoms with E-state index in [0.29, 0.717) is 17.8 Å². The maximum atomic E-state index is 12.2. The second kappa shape index (κ2) is 7.75. The summed E-state index contributed by atoms with van der Waals surface area (Å²) in [5.74, 6) is 1.18. The highest BCUT2D eigenvalue weighted by molar-refractivity contribution is 6.39. The van der Waals surface area contributed by atoms with E-state index in [0.717, 1.165) is 18.7 Å². The van der Waals surface area contributed by atoms with Gasteiger partial charge in [0.15, 0.2) is 0 Å². The van der Waals surface area contributed by atoms with Crippen LogP contribution in [0.2, 0.25) is 0 Å². The molecule has 3 rings (SSSR count). The monoisotopic (exact) mass is 347 g/mol. The number of hydrogen-bond donors (Lipinski definition) is 2. The van der Waals surface area contributed by atoms with Crippen molar-refractivity contribution in [1.29, 1.82) is 0 Å². The summed E-state index contributed by atoms with van der Waals surface area (Å²) < 4.78 is 0. The Balaban J connectivity index is 1.54. The van der Waals surface area contributed by atoms with Crippen LogP contribution in [0.25, 0.3) is 0 Å². The van der Waals surface area contributed by atoms with E-state index in [2.05, 4.69) is 52.6 Å². The molecule has 1 aliphatic heterocycles. The van der Waals surface area contributed by atoms with Crippen LogP contribution in [0.15, 0.2) is 48.5 Å². The van der Waals surface area contributed by atoms with Gasteiger partial charge in [0.1, 0.15) is 0 Å². The first kappa shape index (κ1) is 17.6. The van der Waals surface area contributed by atoms with E-state index in [-0.39, 0.29) is 6.04 Å². The number of nitrogens with zero attached hydrogens (tertiary/aromatic N) is 1. The largest absolute Gasteiger partial charge is 0.369 e. The molecule has 1 atom stereocenters. The number of carbonyl (C=O) groups excluding carboxylic acids is 2. The summed E-state index contributed by atoms with van der Waals surface area (Å²) in [5, 5.41) is 5.38. The molecular weight excluding hydrogens is 326 g/mol. The molecule has 0 aromatic heterocycles. The lowest BCUT2D eigenvalue weighted by molar-refractivity contribution is -0.136. The molecule has 1 saturated heterocycles. The predicted molar refractivity (Wildman–Crippen MR) is 103 cm³/mol. The Kier molecular flexibility index (Phi) is 5.23. The van der Waals surface area contributed by atoms with Crippen molar-refractivity contribution >= 4 is 23.2 Å². The number of rotatable bonds is 3. The highest BCUT2D eigenvalue weighted by atomic mass is 16.2. The second-order valence-corrected chi connectivity index (χ2v) is 6.42. The topological polar surface area (TPSA) is 61.4 Å². The number of carbonyl (C=O) groups is 2. The van der Waals surface area contributed by atoms with Crippen LogP contribution in [0.5, 0.6) is 0 Å². The van der Waals surface area contributed by atoms with Crippen LogP contribution >= 0.6 is 0 Å². The van der Waals surface area contributed by atoms with Gasteiger partial charge >= 0.3 is 11.8 Å². The second-order valence-electron chi connectivity index (χ2n) is 6.42. The summed E-state index contributed by atoms with van der Waals surface area (Å²) in [6, 6.07) is 15.1. The Morgan fingerprint density at radius 3 is 2.65 bits per heavy atom. The molecule has 0 aliphatic carbocycles. The minimum atomic E-state index is -0.687. The molecule has 0 radical (unpaired) electrons. The van der Waals surface area contributed by atoms with Crippen LogP contribution < -0.4 is 15.5 Å². The van der Waals surface area contributed by atoms with Gasteiger partial charge in [-0.1, -0.05) is 29.7 Å². The number of nitrogens with one attached hydrogen (secondary N) is 2. The predicted octanol–water partition coefficient (Wildman–Crippen LogP) is 2.31. The third-order valence-corrected chi connectivity index (χ3v) is 4.42. The average Bonchev–Trinajstić information content (AvgIpc) is 3.11. The Hall–Kier alpha value is -3.26. The van der Waals surface area contributed by atoms with Crippen molar-refractivity contribution < 1.29 is 9.59 Å². The van der Waals surface area contributed by atoms with Gasteiger partial charge < -0.3 is 15.5 Å². The first-order valence-corrected chi connectivity index (χ1v) is 8.55. The van der Waals surface area contributed by atoms with Crippen LogP contribution in [-0.4, -0.2) is 30.9 Å². The first-order chi connectivity index (χ1) is 12.5. The van der Waals surface area contributed by atoms with Gasteiger partial charge in [-0.25, -0.2) is 0 Å². The number of terminal acetylenes is 1. The van der Waals surface area contributed by atoms with Crippen molar-refractivity contribution in [1.82, 2.24) is 5.32 Å². The Morgan fingerprint density at radius 2 is 1.92 bits per heavy atom. The van der Waals surface area contributed by atoms with E-state index < -0.39 is 11.8 Å². The number of benzene rings is 2. The molecular formula is C21H21N3O2. The molecule has 1 aliphatic rings. The zero-order valence-corrected chi connectivity index (χ0v) is 14.7. The quantitative estimate of drug-likeness (QED) is 0.662. The summed E-state index contributed by atoms with van der Waals surface area (Å²) in [4.78, 5) is 26.5. The molecule has 1 fully saturated rings. The van der Waals surface area contributed by atoms with E-state index in [1.807, 2.05) is 0 Å². The Morgan fingerprint density at radius 1 is 1.15 bits per heavy atom. The van der Waals surface area contributed by atoms with Gasteiger partial charge in [-0.15, -0.1) is 6.42 Å². The summed E-state index contributed by atoms with van der Waals surface area (Å²) >= 11 is 0. The fourth-order valence-corrected chi connectivity index (χ4v) is 2.99. The van der Waals surface area contributed by atoms with Crippen molar-refractivity contribution in [3.05, 3.63) is 59.7 Å². The molecule has 1 unspecified atom stereocenters. The van der Waals surface area contributed by atoms with Gasteiger partial charge in [0.25, 0.3) is 0 Å². The lowest BCUT2D eigenvalue weighted by Gasteiger charge is -2.19. The molecule has 2 aromatic carbocycles. The van der Waals surface area contributed by atoms with Gasteiger partial charge in [-0.3, -0.25) is 9.59 Å². The molecule has 0 saturated carbocycles. The molecule has 1 heterocycles. The van der Waals surface area contributed by atoms with Gasteiger partial charge in [-0.05, 0) is 43.7 Å². The summed E-state index contributed by atoms with van der Waals surface area (Å²) in [6.45, 7) is 3.59. The van der Waals surface area contributed by atoms with E-state index in [9.17, 15) is 9.59 Å². The number of aryl methyl sites for hydroxylation is 1. The van der Waals surface area contributed by atoms with Crippen LogP contribution in [-0.2, 0) is 9.59 Å². The third kappa shape index (κ3) is 4.22. The van der Waals surface area contributed by atoms with Gasteiger partial charge in [-0.2, -0.15) is 0 Å². The van der Waals surface area contributed by atoms with E-state index in [4.69, 9.17) is 6.42 Å². The smallest absolute Gasteiger partial charge is 0.313 e. The maximum Gasteiger partial charge on any atom is 0.313 e. The normalized spacial score (nSPS) is 16.0. The number of hydrogen-bond acceptors (Lipinski definition) is 3. The zero-order chi connectivity index (χ0) is 18.5. The molecule has 132 valence electrons. The van der Waals surface area contributed by atoms with Crippen LogP contribution in [0.1, 0.15) is 17.5 Å². The van der Waals surface area contributed by atoms with Gasteiger partial charge in [0, 0.05) is 36.1 Å². The third-order valence-electron chi connectivity index (χ3n) is 4.42. The highest BCUT2D eigenvalue weighted by Crippen LogP contribution is 2.20. The van der Waals surface area contributed by atoms with E-state index in [1.54, 1.807) is 24.3 Å². The van der Waals surface area contributed by atoms with Crippen molar-refractivity contribution in [3.63, 3.8) is 0 Å². The van der Waals surface area contributed by atoms with Crippen molar-refractivity contribution in [2.75, 3.05) is 23.3 Å². The van der Waals surface area contributed by atoms with Crippen molar-refractivity contribution in [2.45, 2.75) is 19.4 Å². The lowest BCUT2D eigenvalue weighted by Crippen LogP contribution is -2.43. The number of anilines is 2. The summed E-state index contributed by atoms with van der Waals surface area (Å²) in [6.07, 6.45) is 6.15. The van der Waals surface area contributed by atoms with E-state index in [1.165, 1.54) is 5.56 Å². The Labute approximate surface area is 153 Å². The first-order valence-electron chi connectivity index (χ1n) is 8.55. The summed E-state index contributed by atoms with van der Waals surface area (Å²) in [7, 11) is 0. The van der Waals surface area contributed by atoms with E-state index >= 15 is 0 Å². The molecule has 0 bridgehead atoms. The molecule has 26 heavy (non-hydrogen) atoms. The highest BCUT2D eigenvalue weighted by Gasteiger charge is 2.26. The molecule has 2 aromatic rings. The van der Waals surface area contributed by atoms with Crippen LogP contribution in [0, 0.1) is 19.3 Å². The fraction of sp³-hybridized carbons (Fsp3) is 0.238. The minimum absolute atomic E-state index is 0.0494. The Bertz CT molecular complexity index is 852. The number of amides is 2.